The molecule has 0 aromatic carbocycles. The van der Waals surface area contributed by atoms with Crippen LogP contribution in [0.15, 0.2) is 5.16 Å². The van der Waals surface area contributed by atoms with Crippen molar-refractivity contribution in [2.75, 3.05) is 34.4 Å². The molecule has 0 aliphatic heterocycles. The molecule has 0 spiro atoms. The minimum Gasteiger partial charge on any atom is -0.343 e. The first kappa shape index (κ1) is 19.9. The van der Waals surface area contributed by atoms with E-state index in [2.05, 4.69) is 9.99 Å². The van der Waals surface area contributed by atoms with Crippen LogP contribution < -0.4 is 0 Å². The summed E-state index contributed by atoms with van der Waals surface area (Å²) in [6, 6.07) is 0. The first-order valence-electron chi connectivity index (χ1n) is 5.27. The third-order valence-electron chi connectivity index (χ3n) is 1.75. The highest BCUT2D eigenvalue weighted by Gasteiger charge is 2.18. The number of halogens is 1. The summed E-state index contributed by atoms with van der Waals surface area (Å²) in [5.74, 6) is -0.400. The van der Waals surface area contributed by atoms with Crippen molar-refractivity contribution in [2.45, 2.75) is 0 Å². The lowest BCUT2D eigenvalue weighted by Gasteiger charge is -2.15. The number of carbonyl (C=O) groups is 3. The standard InChI is InChI=1S/C9H15FN4O4S3/c1-12(2)7(15)6(19-5)11-18-9(17)14(4)21-20-13(3)8(10)16/h1-5H3. The van der Waals surface area contributed by atoms with Crippen molar-refractivity contribution in [2.24, 2.45) is 5.16 Å². The van der Waals surface area contributed by atoms with Crippen molar-refractivity contribution in [3.05, 3.63) is 0 Å². The normalized spacial score (nSPS) is 10.9. The number of oxime groups is 1. The van der Waals surface area contributed by atoms with E-state index in [9.17, 15) is 18.8 Å². The molecule has 0 unspecified atom stereocenters. The zero-order chi connectivity index (χ0) is 16.6. The Morgan fingerprint density at radius 3 is 2.00 bits per heavy atom. The average molecular weight is 358 g/mol. The quantitative estimate of drug-likeness (QED) is 0.111. The van der Waals surface area contributed by atoms with Gasteiger partial charge in [0, 0.05) is 50.2 Å². The summed E-state index contributed by atoms with van der Waals surface area (Å²) in [5, 5.41) is 3.48. The zero-order valence-corrected chi connectivity index (χ0v) is 14.5. The van der Waals surface area contributed by atoms with E-state index in [4.69, 9.17) is 0 Å². The first-order valence-corrected chi connectivity index (χ1v) is 8.55. The second-order valence-electron chi connectivity index (χ2n) is 3.55. The highest BCUT2D eigenvalue weighted by Crippen LogP contribution is 2.28. The van der Waals surface area contributed by atoms with Gasteiger partial charge >= 0.3 is 12.3 Å². The van der Waals surface area contributed by atoms with Crippen molar-refractivity contribution in [1.29, 1.82) is 0 Å². The molecular weight excluding hydrogens is 343 g/mol. The third-order valence-corrected chi connectivity index (χ3v) is 4.73. The largest absolute Gasteiger partial charge is 0.446 e. The molecule has 3 amide bonds. The Kier molecular flexibility index (Phi) is 9.21. The van der Waals surface area contributed by atoms with Gasteiger partial charge in [-0.05, 0) is 6.26 Å². The molecule has 0 fully saturated rings. The molecule has 0 aliphatic rings. The van der Waals surface area contributed by atoms with Gasteiger partial charge in [-0.3, -0.25) is 13.9 Å². The van der Waals surface area contributed by atoms with E-state index in [1.54, 1.807) is 6.26 Å². The Morgan fingerprint density at radius 1 is 1.05 bits per heavy atom. The second-order valence-corrected chi connectivity index (χ2v) is 6.64. The molecular formula is C9H15FN4O4S3. The van der Waals surface area contributed by atoms with Gasteiger partial charge in [-0.2, -0.15) is 0 Å². The minimum atomic E-state index is -1.64. The van der Waals surface area contributed by atoms with Gasteiger partial charge in [0.15, 0.2) is 0 Å². The summed E-state index contributed by atoms with van der Waals surface area (Å²) < 4.78 is 13.9. The van der Waals surface area contributed by atoms with Crippen LogP contribution in [0.1, 0.15) is 0 Å². The Hall–Kier alpha value is -1.14. The Bertz CT molecular complexity index is 435. The highest BCUT2D eigenvalue weighted by atomic mass is 33.1. The van der Waals surface area contributed by atoms with E-state index >= 15 is 0 Å². The van der Waals surface area contributed by atoms with Crippen LogP contribution in [0.25, 0.3) is 0 Å². The summed E-state index contributed by atoms with van der Waals surface area (Å²) >= 11 is 1.03. The molecule has 0 N–H and O–H groups in total. The minimum absolute atomic E-state index is 0.00968. The molecule has 0 bridgehead atoms. The van der Waals surface area contributed by atoms with Crippen molar-refractivity contribution < 1.29 is 23.6 Å². The molecule has 0 aromatic heterocycles. The number of nitrogens with zero attached hydrogens (tertiary/aromatic N) is 4. The summed E-state index contributed by atoms with van der Waals surface area (Å²) in [5.41, 5.74) is 0. The molecule has 21 heavy (non-hydrogen) atoms. The van der Waals surface area contributed by atoms with Gasteiger partial charge in [0.2, 0.25) is 5.04 Å². The van der Waals surface area contributed by atoms with Crippen molar-refractivity contribution in [3.8, 4) is 0 Å². The van der Waals surface area contributed by atoms with Crippen molar-refractivity contribution in [1.82, 2.24) is 13.5 Å². The number of rotatable bonds is 4. The molecule has 0 radical (unpaired) electrons. The van der Waals surface area contributed by atoms with Gasteiger partial charge in [0.05, 0.1) is 0 Å². The van der Waals surface area contributed by atoms with Gasteiger partial charge in [-0.15, -0.1) is 16.2 Å². The molecule has 120 valence electrons. The maximum Gasteiger partial charge on any atom is 0.446 e. The van der Waals surface area contributed by atoms with Gasteiger partial charge in [-0.25, -0.2) is 13.9 Å². The monoisotopic (exact) mass is 358 g/mol. The predicted molar refractivity (Wildman–Crippen MR) is 83.3 cm³/mol. The lowest BCUT2D eigenvalue weighted by atomic mass is 10.6. The maximum atomic E-state index is 12.3. The van der Waals surface area contributed by atoms with Crippen LogP contribution in [0.4, 0.5) is 14.0 Å². The van der Waals surface area contributed by atoms with Crippen molar-refractivity contribution in [3.63, 3.8) is 0 Å². The Balaban J connectivity index is 4.46. The highest BCUT2D eigenvalue weighted by molar-refractivity contribution is 8.75. The van der Waals surface area contributed by atoms with E-state index < -0.39 is 18.2 Å². The summed E-state index contributed by atoms with van der Waals surface area (Å²) in [7, 11) is 7.09. The smallest absolute Gasteiger partial charge is 0.343 e. The van der Waals surface area contributed by atoms with E-state index in [0.29, 0.717) is 15.3 Å². The Labute approximate surface area is 134 Å². The van der Waals surface area contributed by atoms with Crippen LogP contribution in [0.3, 0.4) is 0 Å². The third kappa shape index (κ3) is 7.43. The van der Waals surface area contributed by atoms with Crippen LogP contribution in [0.2, 0.25) is 0 Å². The van der Waals surface area contributed by atoms with E-state index in [1.807, 2.05) is 0 Å². The van der Waals surface area contributed by atoms with Crippen LogP contribution in [-0.4, -0.2) is 71.2 Å². The number of hydrogen-bond acceptors (Lipinski definition) is 8. The molecule has 0 saturated heterocycles. The topological polar surface area (TPSA) is 82.5 Å². The fraction of sp³-hybridized carbons (Fsp3) is 0.556. The van der Waals surface area contributed by atoms with Crippen molar-refractivity contribution >= 4 is 56.9 Å². The first-order chi connectivity index (χ1) is 9.70. The lowest BCUT2D eigenvalue weighted by molar-refractivity contribution is -0.121. The molecule has 0 atom stereocenters. The molecule has 0 aromatic rings. The fourth-order valence-electron chi connectivity index (χ4n) is 0.653. The fourth-order valence-corrected chi connectivity index (χ4v) is 2.43. The van der Waals surface area contributed by atoms with Gasteiger partial charge < -0.3 is 4.90 Å². The van der Waals surface area contributed by atoms with Gasteiger partial charge in [0.1, 0.15) is 0 Å². The van der Waals surface area contributed by atoms with E-state index in [0.717, 1.165) is 27.0 Å². The Morgan fingerprint density at radius 2 is 1.57 bits per heavy atom. The van der Waals surface area contributed by atoms with Crippen LogP contribution >= 0.6 is 33.7 Å². The van der Waals surface area contributed by atoms with Gasteiger partial charge in [0.25, 0.3) is 5.91 Å². The molecule has 12 heteroatoms. The van der Waals surface area contributed by atoms with E-state index in [-0.39, 0.29) is 5.04 Å². The molecule has 8 nitrogen and oxygen atoms in total. The summed E-state index contributed by atoms with van der Waals surface area (Å²) in [4.78, 5) is 39.4. The summed E-state index contributed by atoms with van der Waals surface area (Å²) in [6.07, 6.45) is -0.900. The van der Waals surface area contributed by atoms with Gasteiger partial charge in [-0.1, -0.05) is 5.16 Å². The number of amides is 3. The lowest BCUT2D eigenvalue weighted by Crippen LogP contribution is -2.29. The SMILES string of the molecule is CSC(=NOC(=O)N(C)SSN(C)C(=O)F)C(=O)N(C)C. The van der Waals surface area contributed by atoms with Crippen LogP contribution in [0, 0.1) is 0 Å². The van der Waals surface area contributed by atoms with Crippen LogP contribution in [0.5, 0.6) is 0 Å². The number of thioether (sulfide) groups is 1. The second kappa shape index (κ2) is 9.73. The molecule has 0 aliphatic carbocycles. The zero-order valence-electron chi connectivity index (χ0n) is 12.0. The molecule has 0 saturated carbocycles. The maximum absolute atomic E-state index is 12.3. The summed E-state index contributed by atoms with van der Waals surface area (Å²) in [6.45, 7) is 0. The van der Waals surface area contributed by atoms with Crippen LogP contribution in [-0.2, 0) is 9.63 Å². The molecule has 0 heterocycles. The number of carbonyl (C=O) groups excluding carboxylic acids is 3. The molecule has 0 rings (SSSR count). The number of hydrogen-bond donors (Lipinski definition) is 0. The average Bonchev–Trinajstić information content (AvgIpc) is 2.43. The predicted octanol–water partition coefficient (Wildman–Crippen LogP) is 2.05. The van der Waals surface area contributed by atoms with E-state index in [1.165, 1.54) is 33.1 Å².